The molecule has 0 saturated heterocycles. The highest BCUT2D eigenvalue weighted by Gasteiger charge is 2.24. The number of rotatable bonds is 4. The fourth-order valence-electron chi connectivity index (χ4n) is 2.98. The number of aliphatic imine (C=N–C) groups is 1. The first-order chi connectivity index (χ1) is 14.2. The van der Waals surface area contributed by atoms with Crippen LogP contribution in [0.1, 0.15) is 46.7 Å². The van der Waals surface area contributed by atoms with Crippen molar-refractivity contribution in [2.75, 3.05) is 11.9 Å². The first-order valence-corrected chi connectivity index (χ1v) is 10.8. The highest BCUT2D eigenvalue weighted by Crippen LogP contribution is 2.27. The van der Waals surface area contributed by atoms with Crippen LogP contribution in [0.4, 0.5) is 5.69 Å². The van der Waals surface area contributed by atoms with Crippen LogP contribution in [-0.4, -0.2) is 40.0 Å². The normalized spacial score (nSPS) is 13.7. The molecule has 0 unspecified atom stereocenters. The molecule has 1 aliphatic rings. The summed E-state index contributed by atoms with van der Waals surface area (Å²) in [7, 11) is 0. The lowest BCUT2D eigenvalue weighted by molar-refractivity contribution is 0.0944. The van der Waals surface area contributed by atoms with Gasteiger partial charge in [0.25, 0.3) is 11.8 Å². The number of dihydropyridines is 1. The maximum atomic E-state index is 13.2. The molecule has 2 heterocycles. The number of benzene rings is 1. The summed E-state index contributed by atoms with van der Waals surface area (Å²) in [5.74, 6) is -0.400. The average molecular weight is 513 g/mol. The van der Waals surface area contributed by atoms with Gasteiger partial charge in [0.2, 0.25) is 0 Å². The second-order valence-electron chi connectivity index (χ2n) is 7.04. The minimum Gasteiger partial charge on any atom is -0.350 e. The molecule has 7 nitrogen and oxygen atoms in total. The Labute approximate surface area is 192 Å². The predicted molar refractivity (Wildman–Crippen MR) is 123 cm³/mol. The summed E-state index contributed by atoms with van der Waals surface area (Å²) >= 11 is 15.7. The van der Waals surface area contributed by atoms with Crippen molar-refractivity contribution in [1.29, 1.82) is 0 Å². The van der Waals surface area contributed by atoms with E-state index in [0.717, 1.165) is 6.42 Å². The number of aryl methyl sites for hydroxylation is 1. The molecule has 2 amide bonds. The van der Waals surface area contributed by atoms with E-state index in [1.165, 1.54) is 10.7 Å². The zero-order valence-electron chi connectivity index (χ0n) is 16.6. The molecule has 0 spiro atoms. The van der Waals surface area contributed by atoms with Gasteiger partial charge in [-0.3, -0.25) is 14.6 Å². The van der Waals surface area contributed by atoms with Gasteiger partial charge in [-0.25, -0.2) is 4.68 Å². The van der Waals surface area contributed by atoms with Crippen LogP contribution in [0.25, 0.3) is 0 Å². The Kier molecular flexibility index (Phi) is 7.00. The van der Waals surface area contributed by atoms with Gasteiger partial charge < -0.3 is 10.6 Å². The van der Waals surface area contributed by atoms with Crippen molar-refractivity contribution in [1.82, 2.24) is 15.1 Å². The molecule has 1 aromatic carbocycles. The van der Waals surface area contributed by atoms with Crippen molar-refractivity contribution in [3.05, 3.63) is 55.8 Å². The van der Waals surface area contributed by atoms with Gasteiger partial charge in [0.05, 0.1) is 16.3 Å². The second kappa shape index (κ2) is 9.32. The van der Waals surface area contributed by atoms with Gasteiger partial charge in [0.15, 0.2) is 5.84 Å². The topological polar surface area (TPSA) is 88.4 Å². The molecular formula is C20H20BrCl2N5O2. The number of halogens is 3. The summed E-state index contributed by atoms with van der Waals surface area (Å²) in [5.41, 5.74) is 1.53. The Balaban J connectivity index is 1.99. The Morgan fingerprint density at radius 2 is 1.93 bits per heavy atom. The number of nitrogens with one attached hydrogen (secondary N) is 2. The minimum absolute atomic E-state index is 0.0732. The van der Waals surface area contributed by atoms with Crippen molar-refractivity contribution in [2.45, 2.75) is 33.2 Å². The van der Waals surface area contributed by atoms with Crippen molar-refractivity contribution in [3.63, 3.8) is 0 Å². The second-order valence-corrected chi connectivity index (χ2v) is 8.69. The van der Waals surface area contributed by atoms with Crippen LogP contribution >= 0.6 is 39.1 Å². The first-order valence-electron chi connectivity index (χ1n) is 9.26. The maximum Gasteiger partial charge on any atom is 0.274 e. The molecule has 1 aromatic heterocycles. The average Bonchev–Trinajstić information content (AvgIpc) is 3.05. The van der Waals surface area contributed by atoms with E-state index < -0.39 is 5.91 Å². The predicted octanol–water partition coefficient (Wildman–Crippen LogP) is 4.77. The van der Waals surface area contributed by atoms with Crippen molar-refractivity contribution >= 4 is 62.5 Å². The van der Waals surface area contributed by atoms with E-state index in [-0.39, 0.29) is 23.2 Å². The third-order valence-corrected chi connectivity index (χ3v) is 5.17. The van der Waals surface area contributed by atoms with Gasteiger partial charge in [-0.1, -0.05) is 29.3 Å². The third kappa shape index (κ3) is 4.94. The number of hydrogen-bond donors (Lipinski definition) is 2. The summed E-state index contributed by atoms with van der Waals surface area (Å²) in [6.07, 6.45) is 2.56. The SMILES string of the molecule is Cc1cc(Cl)cc(C(=O)NC(C)C)c1NC(=O)c1cc(Br)nn1C1=NCCC=C1Cl. The Morgan fingerprint density at radius 1 is 1.20 bits per heavy atom. The molecule has 0 radical (unpaired) electrons. The van der Waals surface area contributed by atoms with Crippen LogP contribution < -0.4 is 10.6 Å². The lowest BCUT2D eigenvalue weighted by Gasteiger charge is -2.17. The maximum absolute atomic E-state index is 13.2. The van der Waals surface area contributed by atoms with Crippen LogP contribution in [0.15, 0.2) is 38.9 Å². The summed E-state index contributed by atoms with van der Waals surface area (Å²) in [4.78, 5) is 30.2. The Morgan fingerprint density at radius 3 is 2.60 bits per heavy atom. The fraction of sp³-hybridized carbons (Fsp3) is 0.300. The van der Waals surface area contributed by atoms with Gasteiger partial charge in [0.1, 0.15) is 10.3 Å². The monoisotopic (exact) mass is 511 g/mol. The molecular weight excluding hydrogens is 493 g/mol. The van der Waals surface area contributed by atoms with Crippen LogP contribution in [0.2, 0.25) is 5.02 Å². The number of carbonyl (C=O) groups is 2. The van der Waals surface area contributed by atoms with Gasteiger partial charge in [-0.05, 0) is 60.8 Å². The highest BCUT2D eigenvalue weighted by molar-refractivity contribution is 9.10. The van der Waals surface area contributed by atoms with Crippen molar-refractivity contribution in [2.24, 2.45) is 4.99 Å². The van der Waals surface area contributed by atoms with Gasteiger partial charge >= 0.3 is 0 Å². The molecule has 0 saturated carbocycles. The van der Waals surface area contributed by atoms with Gasteiger partial charge in [-0.2, -0.15) is 5.10 Å². The molecule has 0 atom stereocenters. The van der Waals surface area contributed by atoms with Crippen LogP contribution in [0.3, 0.4) is 0 Å². The standard InChI is InChI=1S/C20H20BrCl2N5O2/c1-10(2)25-19(29)13-8-12(22)7-11(3)17(13)26-20(30)15-9-16(21)27-28(15)18-14(23)5-4-6-24-18/h5,7-10H,4,6H2,1-3H3,(H,25,29)(H,26,30). The number of hydrogen-bond acceptors (Lipinski definition) is 4. The fourth-order valence-corrected chi connectivity index (χ4v) is 3.87. The number of anilines is 1. The molecule has 2 aromatic rings. The van der Waals surface area contributed by atoms with Crippen molar-refractivity contribution < 1.29 is 9.59 Å². The lowest BCUT2D eigenvalue weighted by Crippen LogP contribution is -2.31. The van der Waals surface area contributed by atoms with E-state index in [2.05, 4.69) is 36.7 Å². The number of aromatic nitrogens is 2. The summed E-state index contributed by atoms with van der Waals surface area (Å²) in [5, 5.41) is 10.8. The molecule has 0 bridgehead atoms. The molecule has 30 heavy (non-hydrogen) atoms. The number of allylic oxidation sites excluding steroid dienone is 1. The molecule has 10 heteroatoms. The summed E-state index contributed by atoms with van der Waals surface area (Å²) in [6.45, 7) is 6.03. The lowest BCUT2D eigenvalue weighted by atomic mass is 10.1. The Hall–Kier alpha value is -2.16. The largest absolute Gasteiger partial charge is 0.350 e. The third-order valence-electron chi connectivity index (χ3n) is 4.24. The van der Waals surface area contributed by atoms with E-state index in [4.69, 9.17) is 23.2 Å². The van der Waals surface area contributed by atoms with Gasteiger partial charge in [0, 0.05) is 23.7 Å². The smallest absolute Gasteiger partial charge is 0.274 e. The number of carbonyl (C=O) groups excluding carboxylic acids is 2. The van der Waals surface area contributed by atoms with E-state index in [1.54, 1.807) is 19.1 Å². The number of nitrogens with zero attached hydrogens (tertiary/aromatic N) is 3. The van der Waals surface area contributed by atoms with Gasteiger partial charge in [-0.15, -0.1) is 0 Å². The van der Waals surface area contributed by atoms with E-state index in [9.17, 15) is 9.59 Å². The van der Waals surface area contributed by atoms with Crippen molar-refractivity contribution in [3.8, 4) is 0 Å². The van der Waals surface area contributed by atoms with E-state index in [0.29, 0.717) is 38.3 Å². The molecule has 0 fully saturated rings. The highest BCUT2D eigenvalue weighted by atomic mass is 79.9. The molecule has 0 aliphatic carbocycles. The zero-order valence-corrected chi connectivity index (χ0v) is 19.7. The molecule has 1 aliphatic heterocycles. The summed E-state index contributed by atoms with van der Waals surface area (Å²) < 4.78 is 1.84. The molecule has 2 N–H and O–H groups in total. The van der Waals surface area contributed by atoms with E-state index >= 15 is 0 Å². The minimum atomic E-state index is -0.463. The molecule has 3 rings (SSSR count). The van der Waals surface area contributed by atoms with Crippen LogP contribution in [-0.2, 0) is 0 Å². The first kappa shape index (κ1) is 22.5. The zero-order chi connectivity index (χ0) is 22.0. The Bertz CT molecular complexity index is 1080. The van der Waals surface area contributed by atoms with Crippen LogP contribution in [0.5, 0.6) is 0 Å². The molecule has 158 valence electrons. The van der Waals surface area contributed by atoms with E-state index in [1.807, 2.05) is 19.9 Å². The quantitative estimate of drug-likeness (QED) is 0.618. The number of amides is 2. The van der Waals surface area contributed by atoms with Crippen LogP contribution in [0, 0.1) is 6.92 Å². The summed E-state index contributed by atoms with van der Waals surface area (Å²) in [6, 6.07) is 4.70.